The summed E-state index contributed by atoms with van der Waals surface area (Å²) in [5.74, 6) is 1.56. The van der Waals surface area contributed by atoms with Gasteiger partial charge in [-0.1, -0.05) is 47.6 Å². The molecule has 0 fully saturated rings. The van der Waals surface area contributed by atoms with Crippen LogP contribution < -0.4 is 9.47 Å². The topological polar surface area (TPSA) is 74.5 Å². The first kappa shape index (κ1) is 20.8. The third-order valence-corrected chi connectivity index (χ3v) is 5.81. The zero-order valence-electron chi connectivity index (χ0n) is 17.7. The van der Waals surface area contributed by atoms with Crippen LogP contribution in [0.1, 0.15) is 33.9 Å². The van der Waals surface area contributed by atoms with E-state index in [-0.39, 0.29) is 11.8 Å². The number of benzene rings is 3. The Morgan fingerprint density at radius 1 is 1.03 bits per heavy atom. The van der Waals surface area contributed by atoms with Crippen LogP contribution in [0.15, 0.2) is 65.8 Å². The summed E-state index contributed by atoms with van der Waals surface area (Å²) in [7, 11) is 3.30. The van der Waals surface area contributed by atoms with Crippen LogP contribution in [-0.2, 0) is 13.0 Å². The van der Waals surface area contributed by atoms with Crippen LogP contribution in [0.25, 0.3) is 0 Å². The van der Waals surface area contributed by atoms with E-state index >= 15 is 0 Å². The van der Waals surface area contributed by atoms with Gasteiger partial charge in [0.05, 0.1) is 26.5 Å². The highest BCUT2D eigenvalue weighted by molar-refractivity contribution is 5.83. The number of nitrogens with zero attached hydrogens (tertiary/aromatic N) is 2. The lowest BCUT2D eigenvalue weighted by Gasteiger charge is -2.38. The Morgan fingerprint density at radius 2 is 1.77 bits per heavy atom. The van der Waals surface area contributed by atoms with Gasteiger partial charge in [-0.2, -0.15) is 0 Å². The Morgan fingerprint density at radius 3 is 2.48 bits per heavy atom. The molecule has 0 amide bonds. The van der Waals surface area contributed by atoms with Crippen molar-refractivity contribution in [2.45, 2.75) is 19.0 Å². The van der Waals surface area contributed by atoms with Gasteiger partial charge in [0.1, 0.15) is 5.75 Å². The summed E-state index contributed by atoms with van der Waals surface area (Å²) in [5, 5.41) is 22.6. The molecular weight excluding hydrogens is 392 g/mol. The average Bonchev–Trinajstić information content (AvgIpc) is 2.81. The molecule has 1 heterocycles. The number of para-hydroxylation sites is 1. The molecule has 0 aromatic heterocycles. The van der Waals surface area contributed by atoms with Crippen molar-refractivity contribution in [3.8, 4) is 17.2 Å². The number of hydrogen-bond acceptors (Lipinski definition) is 6. The first-order valence-electron chi connectivity index (χ1n) is 10.2. The number of rotatable bonds is 6. The van der Waals surface area contributed by atoms with Gasteiger partial charge in [-0.15, -0.1) is 0 Å². The normalized spacial score (nSPS) is 16.3. The number of phenolic OH excluding ortho intramolecular Hbond substituents is 1. The summed E-state index contributed by atoms with van der Waals surface area (Å²) < 4.78 is 11.1. The SMILES string of the molecule is COc1cc2c(cc1OC)C(c1ccccc1)N(Cc1cccc(/C=N/O)c1O)CC2. The lowest BCUT2D eigenvalue weighted by atomic mass is 9.87. The van der Waals surface area contributed by atoms with Crippen molar-refractivity contribution in [2.24, 2.45) is 5.16 Å². The van der Waals surface area contributed by atoms with E-state index in [2.05, 4.69) is 34.3 Å². The maximum atomic E-state index is 10.7. The molecule has 3 aromatic carbocycles. The maximum absolute atomic E-state index is 10.7. The Labute approximate surface area is 182 Å². The van der Waals surface area contributed by atoms with Gasteiger partial charge in [0, 0.05) is 24.2 Å². The van der Waals surface area contributed by atoms with E-state index in [1.54, 1.807) is 20.3 Å². The van der Waals surface area contributed by atoms with Gasteiger partial charge in [-0.05, 0) is 41.3 Å². The molecule has 2 N–H and O–H groups in total. The summed E-state index contributed by atoms with van der Waals surface area (Å²) in [5.41, 5.74) is 4.83. The van der Waals surface area contributed by atoms with Crippen LogP contribution in [0, 0.1) is 0 Å². The quantitative estimate of drug-likeness (QED) is 0.353. The largest absolute Gasteiger partial charge is 0.507 e. The molecule has 6 heteroatoms. The fraction of sp³-hybridized carbons (Fsp3) is 0.240. The molecule has 0 aliphatic carbocycles. The highest BCUT2D eigenvalue weighted by Crippen LogP contribution is 2.42. The number of aromatic hydroxyl groups is 1. The van der Waals surface area contributed by atoms with Crippen LogP contribution in [0.5, 0.6) is 17.2 Å². The lowest BCUT2D eigenvalue weighted by Crippen LogP contribution is -2.35. The summed E-state index contributed by atoms with van der Waals surface area (Å²) in [4.78, 5) is 2.35. The van der Waals surface area contributed by atoms with E-state index in [0.717, 1.165) is 24.3 Å². The molecule has 6 nitrogen and oxygen atoms in total. The fourth-order valence-electron chi connectivity index (χ4n) is 4.32. The number of fused-ring (bicyclic) bond motifs is 1. The van der Waals surface area contributed by atoms with Gasteiger partial charge in [-0.3, -0.25) is 4.90 Å². The highest BCUT2D eigenvalue weighted by Gasteiger charge is 2.31. The van der Waals surface area contributed by atoms with Crippen molar-refractivity contribution >= 4 is 6.21 Å². The van der Waals surface area contributed by atoms with Gasteiger partial charge in [0.15, 0.2) is 11.5 Å². The average molecular weight is 418 g/mol. The molecule has 0 spiro atoms. The number of oxime groups is 1. The third-order valence-electron chi connectivity index (χ3n) is 5.81. The highest BCUT2D eigenvalue weighted by atomic mass is 16.5. The van der Waals surface area contributed by atoms with E-state index in [1.807, 2.05) is 30.3 Å². The molecule has 0 radical (unpaired) electrons. The van der Waals surface area contributed by atoms with Gasteiger partial charge >= 0.3 is 0 Å². The summed E-state index contributed by atoms with van der Waals surface area (Å²) in [6, 6.07) is 19.9. The number of phenols is 1. The van der Waals surface area contributed by atoms with Crippen molar-refractivity contribution in [3.05, 3.63) is 88.5 Å². The van der Waals surface area contributed by atoms with Crippen molar-refractivity contribution in [3.63, 3.8) is 0 Å². The predicted octanol–water partition coefficient (Wildman–Crippen LogP) is 4.37. The lowest BCUT2D eigenvalue weighted by molar-refractivity contribution is 0.201. The van der Waals surface area contributed by atoms with E-state index in [9.17, 15) is 5.11 Å². The van der Waals surface area contributed by atoms with Gasteiger partial charge in [0.25, 0.3) is 0 Å². The summed E-state index contributed by atoms with van der Waals surface area (Å²) in [6.45, 7) is 1.37. The first-order chi connectivity index (χ1) is 15.2. The molecule has 1 aliphatic rings. The first-order valence-corrected chi connectivity index (χ1v) is 10.2. The van der Waals surface area contributed by atoms with E-state index in [1.165, 1.54) is 22.9 Å². The molecule has 0 bridgehead atoms. The van der Waals surface area contributed by atoms with Gasteiger partial charge < -0.3 is 19.8 Å². The van der Waals surface area contributed by atoms with Crippen molar-refractivity contribution in [1.29, 1.82) is 0 Å². The standard InChI is InChI=1S/C25H26N2O4/c1-30-22-13-18-11-12-27(16-20-10-6-9-19(15-26-29)25(20)28)24(17-7-4-3-5-8-17)21(18)14-23(22)31-2/h3-10,13-15,24,28-29H,11-12,16H2,1-2H3/b26-15+. The third kappa shape index (κ3) is 4.07. The molecular formula is C25H26N2O4. The number of ether oxygens (including phenoxy) is 2. The van der Waals surface area contributed by atoms with Crippen LogP contribution >= 0.6 is 0 Å². The monoisotopic (exact) mass is 418 g/mol. The second-order valence-corrected chi connectivity index (χ2v) is 7.54. The van der Waals surface area contributed by atoms with Crippen LogP contribution in [-0.4, -0.2) is 42.2 Å². The minimum atomic E-state index is -0.000629. The maximum Gasteiger partial charge on any atom is 0.161 e. The van der Waals surface area contributed by atoms with Gasteiger partial charge in [-0.25, -0.2) is 0 Å². The van der Waals surface area contributed by atoms with E-state index in [0.29, 0.717) is 17.9 Å². The molecule has 0 saturated carbocycles. The molecule has 1 atom stereocenters. The minimum absolute atomic E-state index is 0.000629. The fourth-order valence-corrected chi connectivity index (χ4v) is 4.32. The second kappa shape index (κ2) is 9.10. The summed E-state index contributed by atoms with van der Waals surface area (Å²) in [6.07, 6.45) is 2.10. The second-order valence-electron chi connectivity index (χ2n) is 7.54. The summed E-state index contributed by atoms with van der Waals surface area (Å²) >= 11 is 0. The van der Waals surface area contributed by atoms with E-state index < -0.39 is 0 Å². The molecule has 160 valence electrons. The van der Waals surface area contributed by atoms with Gasteiger partial charge in [0.2, 0.25) is 0 Å². The van der Waals surface area contributed by atoms with Crippen LogP contribution in [0.2, 0.25) is 0 Å². The molecule has 31 heavy (non-hydrogen) atoms. The molecule has 1 aliphatic heterocycles. The Hall–Kier alpha value is -3.51. The van der Waals surface area contributed by atoms with E-state index in [4.69, 9.17) is 14.7 Å². The molecule has 4 rings (SSSR count). The molecule has 0 saturated heterocycles. The zero-order valence-corrected chi connectivity index (χ0v) is 17.7. The van der Waals surface area contributed by atoms with Crippen molar-refractivity contribution < 1.29 is 19.8 Å². The predicted molar refractivity (Wildman–Crippen MR) is 119 cm³/mol. The van der Waals surface area contributed by atoms with Crippen molar-refractivity contribution in [1.82, 2.24) is 4.90 Å². The molecule has 1 unspecified atom stereocenters. The number of methoxy groups -OCH3 is 2. The van der Waals surface area contributed by atoms with Crippen LogP contribution in [0.4, 0.5) is 0 Å². The molecule has 3 aromatic rings. The van der Waals surface area contributed by atoms with Crippen molar-refractivity contribution in [2.75, 3.05) is 20.8 Å². The van der Waals surface area contributed by atoms with Crippen LogP contribution in [0.3, 0.4) is 0 Å². The Bertz CT molecular complexity index is 1080. The smallest absolute Gasteiger partial charge is 0.161 e. The Balaban J connectivity index is 1.78. The number of hydrogen-bond donors (Lipinski definition) is 2. The Kier molecular flexibility index (Phi) is 6.09. The minimum Gasteiger partial charge on any atom is -0.507 e. The zero-order chi connectivity index (χ0) is 21.8.